The lowest BCUT2D eigenvalue weighted by atomic mass is 10.2. The van der Waals surface area contributed by atoms with E-state index in [9.17, 15) is 4.79 Å². The molecular weight excluding hydrogens is 370 g/mol. The van der Waals surface area contributed by atoms with E-state index in [-0.39, 0.29) is 12.5 Å². The predicted molar refractivity (Wildman–Crippen MR) is 99.7 cm³/mol. The number of carbonyl (C=O) groups is 1. The number of methoxy groups -OCH3 is 1. The van der Waals surface area contributed by atoms with Crippen LogP contribution in [0.25, 0.3) is 11.4 Å². The molecule has 27 heavy (non-hydrogen) atoms. The summed E-state index contributed by atoms with van der Waals surface area (Å²) in [6, 6.07) is 14.1. The molecule has 1 N–H and O–H groups in total. The van der Waals surface area contributed by atoms with Crippen LogP contribution in [-0.2, 0) is 11.3 Å². The molecular formula is C19H18ClN3O4. The van der Waals surface area contributed by atoms with Crippen LogP contribution in [0.5, 0.6) is 11.5 Å². The Labute approximate surface area is 161 Å². The minimum atomic E-state index is -0.683. The lowest BCUT2D eigenvalue weighted by Crippen LogP contribution is -2.35. The molecule has 1 unspecified atom stereocenters. The number of nitrogens with one attached hydrogen (secondary N) is 1. The lowest BCUT2D eigenvalue weighted by Gasteiger charge is -2.14. The topological polar surface area (TPSA) is 86.5 Å². The number of amides is 1. The summed E-state index contributed by atoms with van der Waals surface area (Å²) in [5.74, 6) is 1.72. The van der Waals surface area contributed by atoms with E-state index in [0.29, 0.717) is 28.2 Å². The standard InChI is InChI=1S/C19H18ClN3O4/c1-12(26-16-9-7-15(25-2)8-10-16)19(24)21-11-17-22-18(23-27-17)13-3-5-14(20)6-4-13/h3-10,12H,11H2,1-2H3,(H,21,24). The van der Waals surface area contributed by atoms with Crippen LogP contribution in [0.2, 0.25) is 5.02 Å². The van der Waals surface area contributed by atoms with Crippen molar-refractivity contribution >= 4 is 17.5 Å². The first-order valence-electron chi connectivity index (χ1n) is 8.22. The van der Waals surface area contributed by atoms with Gasteiger partial charge in [0, 0.05) is 10.6 Å². The van der Waals surface area contributed by atoms with Crippen molar-refractivity contribution in [2.45, 2.75) is 19.6 Å². The van der Waals surface area contributed by atoms with Crippen LogP contribution in [0.4, 0.5) is 0 Å². The van der Waals surface area contributed by atoms with E-state index < -0.39 is 6.10 Å². The maximum atomic E-state index is 12.2. The Morgan fingerprint density at radius 2 is 1.81 bits per heavy atom. The molecule has 0 saturated carbocycles. The van der Waals surface area contributed by atoms with Gasteiger partial charge in [0.1, 0.15) is 11.5 Å². The molecule has 1 heterocycles. The normalized spacial score (nSPS) is 11.7. The van der Waals surface area contributed by atoms with E-state index in [1.807, 2.05) is 0 Å². The minimum absolute atomic E-state index is 0.107. The number of aromatic nitrogens is 2. The third kappa shape index (κ3) is 4.98. The number of nitrogens with zero attached hydrogens (tertiary/aromatic N) is 2. The van der Waals surface area contributed by atoms with E-state index in [2.05, 4.69) is 15.5 Å². The van der Waals surface area contributed by atoms with Crippen LogP contribution in [0, 0.1) is 0 Å². The smallest absolute Gasteiger partial charge is 0.261 e. The van der Waals surface area contributed by atoms with Gasteiger partial charge in [-0.1, -0.05) is 16.8 Å². The molecule has 7 nitrogen and oxygen atoms in total. The average molecular weight is 388 g/mol. The quantitative estimate of drug-likeness (QED) is 0.667. The summed E-state index contributed by atoms with van der Waals surface area (Å²) < 4.78 is 15.8. The molecule has 8 heteroatoms. The molecule has 0 bridgehead atoms. The van der Waals surface area contributed by atoms with Crippen LogP contribution < -0.4 is 14.8 Å². The van der Waals surface area contributed by atoms with E-state index in [4.69, 9.17) is 25.6 Å². The molecule has 0 aliphatic carbocycles. The Morgan fingerprint density at radius 1 is 1.15 bits per heavy atom. The van der Waals surface area contributed by atoms with Crippen molar-refractivity contribution in [3.05, 3.63) is 59.4 Å². The summed E-state index contributed by atoms with van der Waals surface area (Å²) in [6.45, 7) is 1.77. The minimum Gasteiger partial charge on any atom is -0.497 e. The molecule has 0 spiro atoms. The first-order valence-corrected chi connectivity index (χ1v) is 8.60. The van der Waals surface area contributed by atoms with Crippen LogP contribution in [0.3, 0.4) is 0 Å². The third-order valence-electron chi connectivity index (χ3n) is 3.73. The molecule has 3 aromatic rings. The Balaban J connectivity index is 1.53. The van der Waals surface area contributed by atoms with E-state index in [0.717, 1.165) is 5.56 Å². The fourth-order valence-electron chi connectivity index (χ4n) is 2.26. The number of ether oxygens (including phenoxy) is 2. The van der Waals surface area contributed by atoms with Crippen molar-refractivity contribution in [2.75, 3.05) is 7.11 Å². The summed E-state index contributed by atoms with van der Waals surface area (Å²) in [5.41, 5.74) is 0.775. The summed E-state index contributed by atoms with van der Waals surface area (Å²) >= 11 is 5.86. The molecule has 140 valence electrons. The number of carbonyl (C=O) groups excluding carboxylic acids is 1. The van der Waals surface area contributed by atoms with Gasteiger partial charge in [-0.05, 0) is 55.5 Å². The maximum absolute atomic E-state index is 12.2. The number of benzene rings is 2. The second kappa shape index (κ2) is 8.55. The van der Waals surface area contributed by atoms with Gasteiger partial charge in [0.25, 0.3) is 5.91 Å². The highest BCUT2D eigenvalue weighted by Crippen LogP contribution is 2.19. The third-order valence-corrected chi connectivity index (χ3v) is 3.98. The SMILES string of the molecule is COc1ccc(OC(C)C(=O)NCc2nc(-c3ccc(Cl)cc3)no2)cc1. The van der Waals surface area contributed by atoms with E-state index in [1.54, 1.807) is 62.6 Å². The molecule has 1 amide bonds. The maximum Gasteiger partial charge on any atom is 0.261 e. The average Bonchev–Trinajstić information content (AvgIpc) is 3.16. The Bertz CT molecular complexity index is 894. The van der Waals surface area contributed by atoms with Gasteiger partial charge in [0.2, 0.25) is 11.7 Å². The monoisotopic (exact) mass is 387 g/mol. The molecule has 1 aromatic heterocycles. The van der Waals surface area contributed by atoms with Gasteiger partial charge in [0.15, 0.2) is 6.10 Å². The van der Waals surface area contributed by atoms with Gasteiger partial charge < -0.3 is 19.3 Å². The van der Waals surface area contributed by atoms with Crippen molar-refractivity contribution in [3.63, 3.8) is 0 Å². The van der Waals surface area contributed by atoms with Crippen molar-refractivity contribution in [1.29, 1.82) is 0 Å². The number of hydrogen-bond donors (Lipinski definition) is 1. The number of rotatable bonds is 7. The van der Waals surface area contributed by atoms with E-state index in [1.165, 1.54) is 0 Å². The van der Waals surface area contributed by atoms with Crippen LogP contribution in [-0.4, -0.2) is 29.3 Å². The summed E-state index contributed by atoms with van der Waals surface area (Å²) in [6.07, 6.45) is -0.683. The van der Waals surface area contributed by atoms with Gasteiger partial charge in [-0.3, -0.25) is 4.79 Å². The molecule has 0 fully saturated rings. The van der Waals surface area contributed by atoms with Crippen molar-refractivity contribution < 1.29 is 18.8 Å². The summed E-state index contributed by atoms with van der Waals surface area (Å²) in [5, 5.41) is 7.23. The second-order valence-electron chi connectivity index (χ2n) is 5.67. The van der Waals surface area contributed by atoms with Crippen LogP contribution in [0.1, 0.15) is 12.8 Å². The van der Waals surface area contributed by atoms with Crippen molar-refractivity contribution in [1.82, 2.24) is 15.5 Å². The zero-order valence-corrected chi connectivity index (χ0v) is 15.6. The Morgan fingerprint density at radius 3 is 2.48 bits per heavy atom. The van der Waals surface area contributed by atoms with Gasteiger partial charge in [-0.25, -0.2) is 0 Å². The lowest BCUT2D eigenvalue weighted by molar-refractivity contribution is -0.127. The van der Waals surface area contributed by atoms with Crippen LogP contribution in [0.15, 0.2) is 53.1 Å². The van der Waals surface area contributed by atoms with Gasteiger partial charge in [-0.15, -0.1) is 0 Å². The summed E-state index contributed by atoms with van der Waals surface area (Å²) in [4.78, 5) is 16.4. The van der Waals surface area contributed by atoms with Gasteiger partial charge in [0.05, 0.1) is 13.7 Å². The Kier molecular flexibility index (Phi) is 5.93. The fraction of sp³-hybridized carbons (Fsp3) is 0.211. The second-order valence-corrected chi connectivity index (χ2v) is 6.11. The molecule has 3 rings (SSSR count). The van der Waals surface area contributed by atoms with Crippen molar-refractivity contribution in [3.8, 4) is 22.9 Å². The molecule has 0 radical (unpaired) electrons. The zero-order chi connectivity index (χ0) is 19.2. The van der Waals surface area contributed by atoms with E-state index >= 15 is 0 Å². The molecule has 0 aliphatic rings. The highest BCUT2D eigenvalue weighted by Gasteiger charge is 2.16. The largest absolute Gasteiger partial charge is 0.497 e. The zero-order valence-electron chi connectivity index (χ0n) is 14.8. The molecule has 1 atom stereocenters. The Hall–Kier alpha value is -3.06. The van der Waals surface area contributed by atoms with Gasteiger partial charge in [-0.2, -0.15) is 4.98 Å². The molecule has 0 aliphatic heterocycles. The van der Waals surface area contributed by atoms with Crippen molar-refractivity contribution in [2.24, 2.45) is 0 Å². The first-order chi connectivity index (χ1) is 13.0. The number of halogens is 1. The molecule has 2 aromatic carbocycles. The van der Waals surface area contributed by atoms with Gasteiger partial charge >= 0.3 is 0 Å². The highest BCUT2D eigenvalue weighted by molar-refractivity contribution is 6.30. The predicted octanol–water partition coefficient (Wildman–Crippen LogP) is 3.48. The highest BCUT2D eigenvalue weighted by atomic mass is 35.5. The number of hydrogen-bond acceptors (Lipinski definition) is 6. The first kappa shape index (κ1) is 18.7. The van der Waals surface area contributed by atoms with Crippen LogP contribution >= 0.6 is 11.6 Å². The fourth-order valence-corrected chi connectivity index (χ4v) is 2.39. The molecule has 0 saturated heterocycles. The summed E-state index contributed by atoms with van der Waals surface area (Å²) in [7, 11) is 1.59.